The molecule has 3 aliphatic rings. The standard InChI is InChI=1S/C22H31N3O2/c1-15-6-4-7-16-8-5-13-25(21(15)16)14-20(26)24-19-10-3-2-9-18(19)22(27)23-17-11-12-17/h2-3,9-10,15-17,21H,4-8,11-14H2,1H3,(H,23,27)(H,24,26)/t15-,16+,21-/m1/s1. The Morgan fingerprint density at radius 3 is 2.67 bits per heavy atom. The maximum atomic E-state index is 12.8. The molecule has 1 heterocycles. The minimum absolute atomic E-state index is 0.0138. The molecule has 1 aliphatic heterocycles. The Morgan fingerprint density at radius 2 is 1.85 bits per heavy atom. The van der Waals surface area contributed by atoms with E-state index in [1.54, 1.807) is 6.07 Å². The number of anilines is 1. The Morgan fingerprint density at radius 1 is 1.07 bits per heavy atom. The van der Waals surface area contributed by atoms with Crippen LogP contribution in [0.3, 0.4) is 0 Å². The summed E-state index contributed by atoms with van der Waals surface area (Å²) in [6.07, 6.45) is 8.48. The minimum atomic E-state index is -0.0904. The van der Waals surface area contributed by atoms with Crippen LogP contribution >= 0.6 is 0 Å². The van der Waals surface area contributed by atoms with Gasteiger partial charge >= 0.3 is 0 Å². The number of hydrogen-bond donors (Lipinski definition) is 2. The molecule has 1 saturated heterocycles. The monoisotopic (exact) mass is 369 g/mol. The van der Waals surface area contributed by atoms with Crippen LogP contribution < -0.4 is 10.6 Å². The van der Waals surface area contributed by atoms with Gasteiger partial charge in [-0.25, -0.2) is 0 Å². The highest BCUT2D eigenvalue weighted by molar-refractivity contribution is 6.04. The highest BCUT2D eigenvalue weighted by Gasteiger charge is 2.38. The normalized spacial score (nSPS) is 28.3. The van der Waals surface area contributed by atoms with E-state index in [1.807, 2.05) is 18.2 Å². The van der Waals surface area contributed by atoms with Crippen LogP contribution in [0.1, 0.15) is 62.2 Å². The number of benzene rings is 1. The van der Waals surface area contributed by atoms with Crippen molar-refractivity contribution in [3.05, 3.63) is 29.8 Å². The van der Waals surface area contributed by atoms with E-state index < -0.39 is 0 Å². The summed E-state index contributed by atoms with van der Waals surface area (Å²) in [4.78, 5) is 27.6. The van der Waals surface area contributed by atoms with E-state index in [4.69, 9.17) is 0 Å². The summed E-state index contributed by atoms with van der Waals surface area (Å²) in [7, 11) is 0. The van der Waals surface area contributed by atoms with Crippen LogP contribution in [0.2, 0.25) is 0 Å². The first-order valence-electron chi connectivity index (χ1n) is 10.6. The second kappa shape index (κ2) is 8.01. The number of carbonyl (C=O) groups excluding carboxylic acids is 2. The molecule has 3 fully saturated rings. The lowest BCUT2D eigenvalue weighted by Crippen LogP contribution is -2.52. The van der Waals surface area contributed by atoms with E-state index in [-0.39, 0.29) is 11.8 Å². The van der Waals surface area contributed by atoms with Crippen molar-refractivity contribution >= 4 is 17.5 Å². The molecule has 5 heteroatoms. The number of likely N-dealkylation sites (tertiary alicyclic amines) is 1. The van der Waals surface area contributed by atoms with Gasteiger partial charge in [0.1, 0.15) is 0 Å². The summed E-state index contributed by atoms with van der Waals surface area (Å²) in [5.41, 5.74) is 1.17. The lowest BCUT2D eigenvalue weighted by Gasteiger charge is -2.47. The number of hydrogen-bond acceptors (Lipinski definition) is 3. The summed E-state index contributed by atoms with van der Waals surface area (Å²) in [6, 6.07) is 8.15. The van der Waals surface area contributed by atoms with Crippen molar-refractivity contribution in [2.75, 3.05) is 18.4 Å². The predicted molar refractivity (Wildman–Crippen MR) is 107 cm³/mol. The molecule has 0 aromatic heterocycles. The number of carbonyl (C=O) groups is 2. The van der Waals surface area contributed by atoms with Crippen molar-refractivity contribution in [1.82, 2.24) is 10.2 Å². The molecule has 2 saturated carbocycles. The molecule has 0 unspecified atom stereocenters. The molecule has 2 N–H and O–H groups in total. The summed E-state index contributed by atoms with van der Waals surface area (Å²) in [6.45, 7) is 3.76. The fourth-order valence-electron chi connectivity index (χ4n) is 5.03. The summed E-state index contributed by atoms with van der Waals surface area (Å²) < 4.78 is 0. The Balaban J connectivity index is 1.41. The molecule has 0 radical (unpaired) electrons. The van der Waals surface area contributed by atoms with Gasteiger partial charge in [0.25, 0.3) is 5.91 Å². The van der Waals surface area contributed by atoms with Gasteiger partial charge in [-0.3, -0.25) is 14.5 Å². The van der Waals surface area contributed by atoms with Gasteiger partial charge in [0, 0.05) is 12.1 Å². The fourth-order valence-corrected chi connectivity index (χ4v) is 5.03. The van der Waals surface area contributed by atoms with Crippen LogP contribution in [0.5, 0.6) is 0 Å². The van der Waals surface area contributed by atoms with Gasteiger partial charge < -0.3 is 10.6 Å². The molecule has 27 heavy (non-hydrogen) atoms. The molecule has 3 atom stereocenters. The maximum absolute atomic E-state index is 12.8. The zero-order valence-corrected chi connectivity index (χ0v) is 16.2. The van der Waals surface area contributed by atoms with E-state index >= 15 is 0 Å². The molecular formula is C22H31N3O2. The van der Waals surface area contributed by atoms with Gasteiger partial charge in [-0.15, -0.1) is 0 Å². The third kappa shape index (κ3) is 4.34. The van der Waals surface area contributed by atoms with Crippen LogP contribution in [-0.4, -0.2) is 41.9 Å². The Labute approximate surface area is 161 Å². The Hall–Kier alpha value is -1.88. The van der Waals surface area contributed by atoms with Gasteiger partial charge in [-0.1, -0.05) is 25.5 Å². The second-order valence-corrected chi connectivity index (χ2v) is 8.61. The van der Waals surface area contributed by atoms with Gasteiger partial charge in [-0.2, -0.15) is 0 Å². The zero-order chi connectivity index (χ0) is 18.8. The van der Waals surface area contributed by atoms with E-state index in [9.17, 15) is 9.59 Å². The highest BCUT2D eigenvalue weighted by Crippen LogP contribution is 2.38. The molecule has 146 valence electrons. The lowest BCUT2D eigenvalue weighted by atomic mass is 9.73. The number of amides is 2. The average molecular weight is 370 g/mol. The number of piperidine rings is 1. The van der Waals surface area contributed by atoms with E-state index in [1.165, 1.54) is 32.1 Å². The van der Waals surface area contributed by atoms with E-state index in [2.05, 4.69) is 22.5 Å². The molecular weight excluding hydrogens is 338 g/mol. The topological polar surface area (TPSA) is 61.4 Å². The second-order valence-electron chi connectivity index (χ2n) is 8.61. The smallest absolute Gasteiger partial charge is 0.253 e. The summed E-state index contributed by atoms with van der Waals surface area (Å²) in [5, 5.41) is 6.01. The fraction of sp³-hybridized carbons (Fsp3) is 0.636. The van der Waals surface area contributed by atoms with Gasteiger partial charge in [0.2, 0.25) is 5.91 Å². The largest absolute Gasteiger partial charge is 0.349 e. The van der Waals surface area contributed by atoms with Gasteiger partial charge in [0.15, 0.2) is 0 Å². The number of para-hydroxylation sites is 1. The van der Waals surface area contributed by atoms with Crippen LogP contribution in [-0.2, 0) is 4.79 Å². The molecule has 2 amide bonds. The van der Waals surface area contributed by atoms with Crippen molar-refractivity contribution in [2.45, 2.75) is 64.0 Å². The maximum Gasteiger partial charge on any atom is 0.253 e. The van der Waals surface area contributed by atoms with Gasteiger partial charge in [0.05, 0.1) is 17.8 Å². The van der Waals surface area contributed by atoms with E-state index in [0.29, 0.717) is 35.8 Å². The quantitative estimate of drug-likeness (QED) is 0.836. The molecule has 1 aromatic carbocycles. The zero-order valence-electron chi connectivity index (χ0n) is 16.2. The third-order valence-corrected chi connectivity index (χ3v) is 6.45. The van der Waals surface area contributed by atoms with Crippen molar-refractivity contribution in [1.29, 1.82) is 0 Å². The van der Waals surface area contributed by atoms with Crippen molar-refractivity contribution in [3.63, 3.8) is 0 Å². The Bertz CT molecular complexity index is 699. The number of rotatable bonds is 5. The number of nitrogens with one attached hydrogen (secondary N) is 2. The Kier molecular flexibility index (Phi) is 5.48. The van der Waals surface area contributed by atoms with E-state index in [0.717, 1.165) is 25.3 Å². The lowest BCUT2D eigenvalue weighted by molar-refractivity contribution is -0.119. The first kappa shape index (κ1) is 18.5. The number of nitrogens with zero attached hydrogens (tertiary/aromatic N) is 1. The van der Waals surface area contributed by atoms with Crippen LogP contribution in [0.4, 0.5) is 5.69 Å². The molecule has 4 rings (SSSR count). The molecule has 5 nitrogen and oxygen atoms in total. The SMILES string of the molecule is C[C@@H]1CCC[C@H]2CCCN(CC(=O)Nc3ccccc3C(=O)NC3CC3)[C@@H]21. The highest BCUT2D eigenvalue weighted by atomic mass is 16.2. The number of fused-ring (bicyclic) bond motifs is 1. The van der Waals surface area contributed by atoms with Crippen LogP contribution in [0, 0.1) is 11.8 Å². The molecule has 2 aliphatic carbocycles. The van der Waals surface area contributed by atoms with Crippen molar-refractivity contribution < 1.29 is 9.59 Å². The summed E-state index contributed by atoms with van der Waals surface area (Å²) >= 11 is 0. The average Bonchev–Trinajstić information content (AvgIpc) is 3.46. The predicted octanol–water partition coefficient (Wildman–Crippen LogP) is 3.42. The first-order valence-corrected chi connectivity index (χ1v) is 10.6. The third-order valence-electron chi connectivity index (χ3n) is 6.45. The minimum Gasteiger partial charge on any atom is -0.349 e. The van der Waals surface area contributed by atoms with Crippen LogP contribution in [0.25, 0.3) is 0 Å². The van der Waals surface area contributed by atoms with Gasteiger partial charge in [-0.05, 0) is 69.0 Å². The molecule has 0 spiro atoms. The van der Waals surface area contributed by atoms with Crippen LogP contribution in [0.15, 0.2) is 24.3 Å². The molecule has 1 aromatic rings. The van der Waals surface area contributed by atoms with Crippen molar-refractivity contribution in [2.24, 2.45) is 11.8 Å². The molecule has 0 bridgehead atoms. The van der Waals surface area contributed by atoms with Crippen molar-refractivity contribution in [3.8, 4) is 0 Å². The first-order chi connectivity index (χ1) is 13.1. The summed E-state index contributed by atoms with van der Waals surface area (Å²) in [5.74, 6) is 1.30.